The molecular formula is C19H27N5O. The van der Waals surface area contributed by atoms with Gasteiger partial charge in [-0.15, -0.1) is 0 Å². The second-order valence-corrected chi connectivity index (χ2v) is 6.21. The number of amides is 1. The second kappa shape index (κ2) is 8.46. The Hall–Kier alpha value is -2.63. The molecule has 0 aliphatic heterocycles. The van der Waals surface area contributed by atoms with Crippen molar-refractivity contribution in [3.63, 3.8) is 0 Å². The van der Waals surface area contributed by atoms with E-state index in [4.69, 9.17) is 0 Å². The second-order valence-electron chi connectivity index (χ2n) is 6.21. The number of carbonyl (C=O) groups excluding carboxylic acids is 1. The van der Waals surface area contributed by atoms with Crippen LogP contribution in [0.3, 0.4) is 0 Å². The van der Waals surface area contributed by atoms with Crippen molar-refractivity contribution >= 4 is 23.1 Å². The third kappa shape index (κ3) is 4.92. The van der Waals surface area contributed by atoms with Crippen LogP contribution >= 0.6 is 0 Å². The molecule has 0 radical (unpaired) electrons. The van der Waals surface area contributed by atoms with Gasteiger partial charge in [0.15, 0.2) is 0 Å². The van der Waals surface area contributed by atoms with Crippen LogP contribution in [0.2, 0.25) is 0 Å². The van der Waals surface area contributed by atoms with Gasteiger partial charge in [-0.2, -0.15) is 0 Å². The lowest BCUT2D eigenvalue weighted by Crippen LogP contribution is -2.30. The molecule has 6 heteroatoms. The topological polar surface area (TPSA) is 70.2 Å². The predicted octanol–water partition coefficient (Wildman–Crippen LogP) is 3.51. The molecule has 0 spiro atoms. The first-order chi connectivity index (χ1) is 11.9. The van der Waals surface area contributed by atoms with Crippen molar-refractivity contribution in [2.75, 3.05) is 23.3 Å². The molecule has 6 nitrogen and oxygen atoms in total. The van der Waals surface area contributed by atoms with E-state index in [2.05, 4.69) is 58.4 Å². The average Bonchev–Trinajstić information content (AvgIpc) is 2.58. The molecule has 2 aromatic rings. The van der Waals surface area contributed by atoms with Crippen LogP contribution in [0.5, 0.6) is 0 Å². The highest BCUT2D eigenvalue weighted by Gasteiger charge is 2.10. The van der Waals surface area contributed by atoms with Gasteiger partial charge < -0.3 is 15.5 Å². The van der Waals surface area contributed by atoms with Gasteiger partial charge in [0, 0.05) is 30.5 Å². The summed E-state index contributed by atoms with van der Waals surface area (Å²) in [5.41, 5.74) is 3.63. The molecule has 1 amide bonds. The van der Waals surface area contributed by atoms with E-state index >= 15 is 0 Å². The summed E-state index contributed by atoms with van der Waals surface area (Å²) in [6.07, 6.45) is 3.06. The first kappa shape index (κ1) is 18.7. The third-order valence-corrected chi connectivity index (χ3v) is 3.91. The largest absolute Gasteiger partial charge is 0.372 e. The Balaban J connectivity index is 2.10. The number of nitrogens with zero attached hydrogens (tertiary/aromatic N) is 3. The first-order valence-electron chi connectivity index (χ1n) is 8.70. The Bertz CT molecular complexity index is 708. The van der Waals surface area contributed by atoms with Crippen LogP contribution in [0.25, 0.3) is 0 Å². The number of benzene rings is 1. The molecule has 25 heavy (non-hydrogen) atoms. The molecule has 0 aliphatic rings. The zero-order chi connectivity index (χ0) is 18.4. The summed E-state index contributed by atoms with van der Waals surface area (Å²) in [7, 11) is 0. The average molecular weight is 341 g/mol. The summed E-state index contributed by atoms with van der Waals surface area (Å²) in [6.45, 7) is 12.1. The molecule has 0 saturated heterocycles. The highest BCUT2D eigenvalue weighted by Crippen LogP contribution is 2.24. The number of carbonyl (C=O) groups is 1. The molecule has 0 fully saturated rings. The van der Waals surface area contributed by atoms with Crippen LogP contribution in [-0.2, 0) is 0 Å². The van der Waals surface area contributed by atoms with E-state index in [9.17, 15) is 4.79 Å². The Morgan fingerprint density at radius 1 is 1.16 bits per heavy atom. The maximum absolute atomic E-state index is 11.9. The van der Waals surface area contributed by atoms with Gasteiger partial charge in [-0.3, -0.25) is 4.79 Å². The molecule has 1 aromatic carbocycles. The summed E-state index contributed by atoms with van der Waals surface area (Å²) < 4.78 is 0. The molecule has 2 N–H and O–H groups in total. The van der Waals surface area contributed by atoms with Crippen LogP contribution in [0, 0.1) is 6.92 Å². The Morgan fingerprint density at radius 3 is 2.40 bits per heavy atom. The highest BCUT2D eigenvalue weighted by molar-refractivity contribution is 5.92. The quantitative estimate of drug-likeness (QED) is 0.806. The van der Waals surface area contributed by atoms with E-state index in [-0.39, 0.29) is 11.9 Å². The van der Waals surface area contributed by atoms with Gasteiger partial charge in [-0.25, -0.2) is 9.97 Å². The summed E-state index contributed by atoms with van der Waals surface area (Å²) >= 11 is 0. The van der Waals surface area contributed by atoms with Gasteiger partial charge in [0.1, 0.15) is 11.5 Å². The van der Waals surface area contributed by atoms with E-state index in [0.717, 1.165) is 24.3 Å². The van der Waals surface area contributed by atoms with Crippen LogP contribution in [0.1, 0.15) is 43.7 Å². The maximum atomic E-state index is 11.9. The minimum absolute atomic E-state index is 0.0686. The Kier molecular flexibility index (Phi) is 6.33. The van der Waals surface area contributed by atoms with Crippen molar-refractivity contribution < 1.29 is 4.79 Å². The lowest BCUT2D eigenvalue weighted by molar-refractivity contribution is 0.0937. The van der Waals surface area contributed by atoms with Crippen LogP contribution in [0.4, 0.5) is 17.2 Å². The number of hydrogen-bond donors (Lipinski definition) is 2. The number of rotatable bonds is 7. The van der Waals surface area contributed by atoms with Gasteiger partial charge in [0.2, 0.25) is 0 Å². The lowest BCUT2D eigenvalue weighted by atomic mass is 10.1. The van der Waals surface area contributed by atoms with Crippen LogP contribution in [-0.4, -0.2) is 35.0 Å². The Labute approximate surface area is 149 Å². The molecule has 0 unspecified atom stereocenters. The van der Waals surface area contributed by atoms with Gasteiger partial charge in [-0.05, 0) is 58.4 Å². The van der Waals surface area contributed by atoms with E-state index in [1.807, 2.05) is 19.9 Å². The fourth-order valence-electron chi connectivity index (χ4n) is 2.56. The molecule has 0 atom stereocenters. The highest BCUT2D eigenvalue weighted by atomic mass is 16.1. The van der Waals surface area contributed by atoms with Crippen molar-refractivity contribution in [2.45, 2.75) is 40.7 Å². The van der Waals surface area contributed by atoms with Crippen molar-refractivity contribution in [1.29, 1.82) is 0 Å². The number of aromatic nitrogens is 2. The van der Waals surface area contributed by atoms with E-state index < -0.39 is 0 Å². The fraction of sp³-hybridized carbons (Fsp3) is 0.421. The maximum Gasteiger partial charge on any atom is 0.271 e. The fourth-order valence-corrected chi connectivity index (χ4v) is 2.56. The molecular weight excluding hydrogens is 314 g/mol. The molecule has 0 aliphatic carbocycles. The molecule has 0 bridgehead atoms. The number of aryl methyl sites for hydroxylation is 1. The predicted molar refractivity (Wildman–Crippen MR) is 103 cm³/mol. The van der Waals surface area contributed by atoms with Crippen molar-refractivity contribution in [3.05, 3.63) is 41.9 Å². The van der Waals surface area contributed by atoms with Crippen LogP contribution < -0.4 is 15.5 Å². The van der Waals surface area contributed by atoms with Gasteiger partial charge in [-0.1, -0.05) is 0 Å². The SMILES string of the molecule is CCN(CC)c1ccc(Nc2cnc(C(=O)NC(C)C)cn2)c(C)c1. The molecule has 2 rings (SSSR count). The molecule has 1 heterocycles. The minimum atomic E-state index is -0.214. The number of anilines is 3. The number of nitrogens with one attached hydrogen (secondary N) is 2. The van der Waals surface area contributed by atoms with Crippen LogP contribution in [0.15, 0.2) is 30.6 Å². The smallest absolute Gasteiger partial charge is 0.271 e. The monoisotopic (exact) mass is 341 g/mol. The minimum Gasteiger partial charge on any atom is -0.372 e. The zero-order valence-corrected chi connectivity index (χ0v) is 15.6. The normalized spacial score (nSPS) is 10.6. The summed E-state index contributed by atoms with van der Waals surface area (Å²) in [6, 6.07) is 6.37. The molecule has 1 aromatic heterocycles. The lowest BCUT2D eigenvalue weighted by Gasteiger charge is -2.22. The van der Waals surface area contributed by atoms with Gasteiger partial charge in [0.05, 0.1) is 12.4 Å². The van der Waals surface area contributed by atoms with Gasteiger partial charge >= 0.3 is 0 Å². The molecule has 0 saturated carbocycles. The third-order valence-electron chi connectivity index (χ3n) is 3.91. The Morgan fingerprint density at radius 2 is 1.88 bits per heavy atom. The van der Waals surface area contributed by atoms with Crippen molar-refractivity contribution in [1.82, 2.24) is 15.3 Å². The van der Waals surface area contributed by atoms with E-state index in [1.54, 1.807) is 6.20 Å². The van der Waals surface area contributed by atoms with E-state index in [1.165, 1.54) is 11.9 Å². The van der Waals surface area contributed by atoms with Crippen molar-refractivity contribution in [2.24, 2.45) is 0 Å². The van der Waals surface area contributed by atoms with Crippen molar-refractivity contribution in [3.8, 4) is 0 Å². The first-order valence-corrected chi connectivity index (χ1v) is 8.70. The standard InChI is InChI=1S/C19H27N5O/c1-6-24(7-2)15-8-9-16(14(5)10-15)23-18-12-20-17(11-21-18)19(25)22-13(3)4/h8-13H,6-7H2,1-5H3,(H,21,23)(H,22,25). The number of hydrogen-bond acceptors (Lipinski definition) is 5. The van der Waals surface area contributed by atoms with E-state index in [0.29, 0.717) is 11.5 Å². The molecule has 134 valence electrons. The summed E-state index contributed by atoms with van der Waals surface area (Å²) in [5, 5.41) is 6.06. The summed E-state index contributed by atoms with van der Waals surface area (Å²) in [4.78, 5) is 22.7. The zero-order valence-electron chi connectivity index (χ0n) is 15.6. The summed E-state index contributed by atoms with van der Waals surface area (Å²) in [5.74, 6) is 0.397. The van der Waals surface area contributed by atoms with Gasteiger partial charge in [0.25, 0.3) is 5.91 Å².